The Kier molecular flexibility index (Phi) is 9.12. The summed E-state index contributed by atoms with van der Waals surface area (Å²) < 4.78 is 25.6. The molecule has 0 aromatic heterocycles. The molecule has 2 aliphatic carbocycles. The van der Waals surface area contributed by atoms with Crippen LogP contribution in [0.5, 0.6) is 5.75 Å². The molecule has 2 aliphatic rings. The van der Waals surface area contributed by atoms with Crippen LogP contribution >= 0.6 is 0 Å². The maximum absolute atomic E-state index is 14.4. The Labute approximate surface area is 192 Å². The quantitative estimate of drug-likeness (QED) is 0.309. The summed E-state index contributed by atoms with van der Waals surface area (Å²) in [7, 11) is 0. The van der Waals surface area contributed by atoms with Gasteiger partial charge in [0.1, 0.15) is 6.10 Å². The number of carbonyl (C=O) groups is 2. The molecule has 178 valence electrons. The number of hydrogen-bond donors (Lipinski definition) is 0. The molecule has 2 saturated carbocycles. The van der Waals surface area contributed by atoms with Gasteiger partial charge >= 0.3 is 5.97 Å². The number of benzene rings is 1. The van der Waals surface area contributed by atoms with Crippen LogP contribution in [-0.2, 0) is 9.53 Å². The van der Waals surface area contributed by atoms with Crippen molar-refractivity contribution in [1.82, 2.24) is 0 Å². The van der Waals surface area contributed by atoms with Crippen LogP contribution in [-0.4, -0.2) is 24.5 Å². The van der Waals surface area contributed by atoms with Gasteiger partial charge < -0.3 is 9.47 Å². The topological polar surface area (TPSA) is 52.6 Å². The monoisotopic (exact) mass is 446 g/mol. The van der Waals surface area contributed by atoms with Crippen LogP contribution in [0, 0.1) is 30.5 Å². The molecule has 0 bridgehead atoms. The van der Waals surface area contributed by atoms with E-state index in [2.05, 4.69) is 6.92 Å². The van der Waals surface area contributed by atoms with E-state index in [0.29, 0.717) is 24.2 Å². The molecule has 1 aromatic carbocycles. The Bertz CT molecular complexity index is 774. The molecule has 0 radical (unpaired) electrons. The predicted molar refractivity (Wildman–Crippen MR) is 123 cm³/mol. The first-order chi connectivity index (χ1) is 15.4. The van der Waals surface area contributed by atoms with Gasteiger partial charge in [0.15, 0.2) is 17.3 Å². The van der Waals surface area contributed by atoms with E-state index < -0.39 is 5.82 Å². The fourth-order valence-electron chi connectivity index (χ4n) is 5.41. The van der Waals surface area contributed by atoms with E-state index in [4.69, 9.17) is 9.47 Å². The van der Waals surface area contributed by atoms with E-state index >= 15 is 0 Å². The molecule has 1 aromatic rings. The minimum Gasteiger partial charge on any atom is -0.491 e. The summed E-state index contributed by atoms with van der Waals surface area (Å²) in [4.78, 5) is 25.4. The summed E-state index contributed by atoms with van der Waals surface area (Å²) in [5.74, 6) is 0.828. The van der Waals surface area contributed by atoms with Crippen LogP contribution in [0.1, 0.15) is 100 Å². The number of ketones is 1. The zero-order chi connectivity index (χ0) is 23.1. The lowest BCUT2D eigenvalue weighted by Gasteiger charge is -2.31. The molecule has 32 heavy (non-hydrogen) atoms. The molecule has 0 aliphatic heterocycles. The van der Waals surface area contributed by atoms with Gasteiger partial charge in [-0.3, -0.25) is 9.59 Å². The molecule has 4 nitrogen and oxygen atoms in total. The van der Waals surface area contributed by atoms with Gasteiger partial charge in [0.25, 0.3) is 0 Å². The highest BCUT2D eigenvalue weighted by molar-refractivity contribution is 5.97. The number of halogens is 1. The zero-order valence-corrected chi connectivity index (χ0v) is 20.0. The Balaban J connectivity index is 1.43. The van der Waals surface area contributed by atoms with Gasteiger partial charge in [-0.1, -0.05) is 19.8 Å². The van der Waals surface area contributed by atoms with Crippen molar-refractivity contribution < 1.29 is 23.5 Å². The average molecular weight is 447 g/mol. The van der Waals surface area contributed by atoms with Crippen molar-refractivity contribution in [2.45, 2.75) is 97.5 Å². The van der Waals surface area contributed by atoms with Crippen LogP contribution in [0.25, 0.3) is 0 Å². The first-order valence-corrected chi connectivity index (χ1v) is 12.6. The van der Waals surface area contributed by atoms with E-state index in [1.807, 2.05) is 0 Å². The van der Waals surface area contributed by atoms with E-state index in [-0.39, 0.29) is 35.4 Å². The van der Waals surface area contributed by atoms with Gasteiger partial charge in [-0.25, -0.2) is 4.39 Å². The molecule has 0 amide bonds. The van der Waals surface area contributed by atoms with Crippen molar-refractivity contribution in [1.29, 1.82) is 0 Å². The lowest BCUT2D eigenvalue weighted by Crippen LogP contribution is -2.30. The van der Waals surface area contributed by atoms with Gasteiger partial charge in [-0.15, -0.1) is 0 Å². The van der Waals surface area contributed by atoms with Gasteiger partial charge in [0, 0.05) is 12.0 Å². The smallest absolute Gasteiger partial charge is 0.309 e. The van der Waals surface area contributed by atoms with E-state index in [1.165, 1.54) is 12.8 Å². The minimum atomic E-state index is -0.447. The third kappa shape index (κ3) is 6.32. The fraction of sp³-hybridized carbons (Fsp3) is 0.704. The first-order valence-electron chi connectivity index (χ1n) is 12.6. The summed E-state index contributed by atoms with van der Waals surface area (Å²) in [6.45, 7) is 6.05. The molecule has 2 fully saturated rings. The van der Waals surface area contributed by atoms with Crippen molar-refractivity contribution in [3.8, 4) is 5.75 Å². The summed E-state index contributed by atoms with van der Waals surface area (Å²) in [5, 5.41) is 0. The van der Waals surface area contributed by atoms with Gasteiger partial charge in [-0.05, 0) is 94.7 Å². The van der Waals surface area contributed by atoms with Crippen molar-refractivity contribution >= 4 is 11.8 Å². The molecule has 0 unspecified atom stereocenters. The Hall–Kier alpha value is -1.91. The minimum absolute atomic E-state index is 0.0139. The molecule has 5 heteroatoms. The molecular formula is C27H39FO4. The Morgan fingerprint density at radius 2 is 1.62 bits per heavy atom. The number of hydrogen-bond acceptors (Lipinski definition) is 4. The number of carbonyl (C=O) groups excluding carboxylic acids is 2. The molecular weight excluding hydrogens is 407 g/mol. The molecule has 0 saturated heterocycles. The van der Waals surface area contributed by atoms with Crippen molar-refractivity contribution in [3.05, 3.63) is 29.1 Å². The number of ether oxygens (including phenoxy) is 2. The predicted octanol–water partition coefficient (Wildman–Crippen LogP) is 6.81. The van der Waals surface area contributed by atoms with Crippen molar-refractivity contribution in [2.24, 2.45) is 17.8 Å². The van der Waals surface area contributed by atoms with E-state index in [0.717, 1.165) is 57.3 Å². The third-order valence-corrected chi connectivity index (χ3v) is 7.38. The lowest BCUT2D eigenvalue weighted by atomic mass is 9.80. The number of Topliss-reactive ketones (excluding diaryl/α,β-unsaturated/α-hetero) is 1. The Morgan fingerprint density at radius 3 is 2.25 bits per heavy atom. The highest BCUT2D eigenvalue weighted by Crippen LogP contribution is 2.35. The van der Waals surface area contributed by atoms with Crippen LogP contribution in [0.4, 0.5) is 4.39 Å². The van der Waals surface area contributed by atoms with Crippen molar-refractivity contribution in [3.63, 3.8) is 0 Å². The van der Waals surface area contributed by atoms with Crippen molar-refractivity contribution in [2.75, 3.05) is 6.61 Å². The van der Waals surface area contributed by atoms with Gasteiger partial charge in [0.2, 0.25) is 0 Å². The second kappa shape index (κ2) is 11.8. The molecule has 0 heterocycles. The second-order valence-corrected chi connectivity index (χ2v) is 9.70. The van der Waals surface area contributed by atoms with E-state index in [1.54, 1.807) is 26.0 Å². The van der Waals surface area contributed by atoms with Crippen LogP contribution in [0.3, 0.4) is 0 Å². The third-order valence-electron chi connectivity index (χ3n) is 7.38. The first kappa shape index (κ1) is 24.7. The van der Waals surface area contributed by atoms with Gasteiger partial charge in [-0.2, -0.15) is 0 Å². The highest BCUT2D eigenvalue weighted by atomic mass is 19.1. The van der Waals surface area contributed by atoms with E-state index in [9.17, 15) is 14.0 Å². The zero-order valence-electron chi connectivity index (χ0n) is 20.0. The highest BCUT2D eigenvalue weighted by Gasteiger charge is 2.31. The average Bonchev–Trinajstić information content (AvgIpc) is 2.79. The Morgan fingerprint density at radius 1 is 0.969 bits per heavy atom. The van der Waals surface area contributed by atoms with Crippen LogP contribution < -0.4 is 4.74 Å². The standard InChI is InChI=1S/C27H39FO4/c1-4-6-19-7-11-21(12-8-19)27(30)32-22-13-9-20(10-14-22)17-24(29)23-15-16-25(31-5-2)26(28)18(23)3/h15-16,19-22H,4-14,17H2,1-3H3. The van der Waals surface area contributed by atoms with Crippen LogP contribution in [0.2, 0.25) is 0 Å². The molecule has 0 N–H and O–H groups in total. The summed E-state index contributed by atoms with van der Waals surface area (Å²) in [6, 6.07) is 3.22. The van der Waals surface area contributed by atoms with Crippen LogP contribution in [0.15, 0.2) is 12.1 Å². The molecule has 0 spiro atoms. The normalized spacial score (nSPS) is 25.9. The maximum atomic E-state index is 14.4. The van der Waals surface area contributed by atoms with Gasteiger partial charge in [0.05, 0.1) is 12.5 Å². The summed E-state index contributed by atoms with van der Waals surface area (Å²) >= 11 is 0. The number of esters is 1. The molecule has 0 atom stereocenters. The lowest BCUT2D eigenvalue weighted by molar-refractivity contribution is -0.157. The molecule has 3 rings (SSSR count). The SMILES string of the molecule is CCCC1CCC(C(=O)OC2CCC(CC(=O)c3ccc(OCC)c(F)c3C)CC2)CC1. The largest absolute Gasteiger partial charge is 0.491 e. The summed E-state index contributed by atoms with van der Waals surface area (Å²) in [6.07, 6.45) is 10.5. The summed E-state index contributed by atoms with van der Waals surface area (Å²) in [5.41, 5.74) is 0.801. The fourth-order valence-corrected chi connectivity index (χ4v) is 5.41. The maximum Gasteiger partial charge on any atom is 0.309 e. The number of rotatable bonds is 9. The second-order valence-electron chi connectivity index (χ2n) is 9.70.